The van der Waals surface area contributed by atoms with Gasteiger partial charge in [-0.05, 0) is 12.8 Å². The summed E-state index contributed by atoms with van der Waals surface area (Å²) in [6.07, 6.45) is 49.7. The van der Waals surface area contributed by atoms with Crippen LogP contribution >= 0.6 is 0 Å². The zero-order chi connectivity index (χ0) is 30.4. The molecule has 0 spiro atoms. The Morgan fingerprint density at radius 1 is 0.310 bits per heavy atom. The summed E-state index contributed by atoms with van der Waals surface area (Å²) in [6, 6.07) is 0. The molecule has 252 valence electrons. The summed E-state index contributed by atoms with van der Waals surface area (Å²) in [4.78, 5) is 11.6. The standard InChI is InChI=1S/C40H80O2/c1-3-5-7-8-9-10-11-12-13-14-15-16-17-18-19-20-21-22-23-24-25-26-27-28-29-30-31-32-33-34-35-37-39-42-40(41)38-36-6-4-2/h3-39H2,1-2H3. The third-order valence-electron chi connectivity index (χ3n) is 9.25. The lowest BCUT2D eigenvalue weighted by molar-refractivity contribution is -0.143. The molecule has 0 N–H and O–H groups in total. The van der Waals surface area contributed by atoms with Crippen LogP contribution in [0.5, 0.6) is 0 Å². The van der Waals surface area contributed by atoms with Crippen molar-refractivity contribution in [2.75, 3.05) is 6.61 Å². The molecule has 0 heterocycles. The third kappa shape index (κ3) is 37.5. The molecule has 0 radical (unpaired) electrons. The molecule has 2 nitrogen and oxygen atoms in total. The first-order chi connectivity index (χ1) is 20.8. The maximum atomic E-state index is 11.6. The number of ether oxygens (including phenoxy) is 1. The van der Waals surface area contributed by atoms with Crippen LogP contribution in [0.25, 0.3) is 0 Å². The van der Waals surface area contributed by atoms with Gasteiger partial charge in [-0.2, -0.15) is 0 Å². The van der Waals surface area contributed by atoms with Gasteiger partial charge in [0.1, 0.15) is 0 Å². The molecule has 0 atom stereocenters. The summed E-state index contributed by atoms with van der Waals surface area (Å²) in [6.45, 7) is 5.10. The fourth-order valence-electron chi connectivity index (χ4n) is 6.26. The van der Waals surface area contributed by atoms with Crippen molar-refractivity contribution in [1.82, 2.24) is 0 Å². The van der Waals surface area contributed by atoms with E-state index < -0.39 is 0 Å². The van der Waals surface area contributed by atoms with Gasteiger partial charge in [0.2, 0.25) is 0 Å². The zero-order valence-corrected chi connectivity index (χ0v) is 29.5. The highest BCUT2D eigenvalue weighted by Crippen LogP contribution is 2.17. The second kappa shape index (κ2) is 38.5. The molecule has 0 aromatic rings. The predicted molar refractivity (Wildman–Crippen MR) is 189 cm³/mol. The lowest BCUT2D eigenvalue weighted by Crippen LogP contribution is -2.05. The van der Waals surface area contributed by atoms with E-state index in [1.165, 1.54) is 199 Å². The number of carbonyl (C=O) groups excluding carboxylic acids is 1. The molecule has 2 heteroatoms. The van der Waals surface area contributed by atoms with Gasteiger partial charge in [-0.3, -0.25) is 4.79 Å². The van der Waals surface area contributed by atoms with Crippen molar-refractivity contribution in [3.05, 3.63) is 0 Å². The quantitative estimate of drug-likeness (QED) is 0.0529. The van der Waals surface area contributed by atoms with E-state index >= 15 is 0 Å². The number of esters is 1. The summed E-state index contributed by atoms with van der Waals surface area (Å²) < 4.78 is 5.32. The molecule has 42 heavy (non-hydrogen) atoms. The van der Waals surface area contributed by atoms with E-state index in [0.717, 1.165) is 25.7 Å². The maximum Gasteiger partial charge on any atom is 0.305 e. The van der Waals surface area contributed by atoms with Crippen LogP contribution in [0.3, 0.4) is 0 Å². The smallest absolute Gasteiger partial charge is 0.305 e. The minimum Gasteiger partial charge on any atom is -0.466 e. The van der Waals surface area contributed by atoms with Crippen LogP contribution in [0, 0.1) is 0 Å². The predicted octanol–water partition coefficient (Wildman–Crippen LogP) is 14.6. The molecule has 0 aromatic carbocycles. The molecule has 0 aliphatic carbocycles. The van der Waals surface area contributed by atoms with Crippen molar-refractivity contribution in [3.8, 4) is 0 Å². The maximum absolute atomic E-state index is 11.6. The average Bonchev–Trinajstić information content (AvgIpc) is 2.99. The third-order valence-corrected chi connectivity index (χ3v) is 9.25. The molecule has 0 bridgehead atoms. The highest BCUT2D eigenvalue weighted by molar-refractivity contribution is 5.69. The van der Waals surface area contributed by atoms with Gasteiger partial charge in [-0.15, -0.1) is 0 Å². The Balaban J connectivity index is 3.06. The van der Waals surface area contributed by atoms with E-state index in [2.05, 4.69) is 13.8 Å². The van der Waals surface area contributed by atoms with Crippen molar-refractivity contribution in [2.24, 2.45) is 0 Å². The number of hydrogen-bond acceptors (Lipinski definition) is 2. The Bertz CT molecular complexity index is 488. The minimum atomic E-state index is 0.00388. The van der Waals surface area contributed by atoms with Gasteiger partial charge in [0.05, 0.1) is 6.61 Å². The molecule has 0 aliphatic rings. The Labute approximate surface area is 266 Å². The Hall–Kier alpha value is -0.530. The number of rotatable bonds is 37. The van der Waals surface area contributed by atoms with Crippen molar-refractivity contribution < 1.29 is 9.53 Å². The van der Waals surface area contributed by atoms with Crippen LogP contribution in [-0.2, 0) is 9.53 Å². The van der Waals surface area contributed by atoms with Gasteiger partial charge in [-0.1, -0.05) is 226 Å². The first kappa shape index (κ1) is 41.5. The number of unbranched alkanes of at least 4 members (excludes halogenated alkanes) is 33. The average molecular weight is 593 g/mol. The normalized spacial score (nSPS) is 11.4. The molecule has 0 aromatic heterocycles. The molecule has 0 fully saturated rings. The molecule has 0 saturated carbocycles. The van der Waals surface area contributed by atoms with E-state index in [4.69, 9.17) is 4.74 Å². The van der Waals surface area contributed by atoms with E-state index in [1.54, 1.807) is 0 Å². The van der Waals surface area contributed by atoms with Gasteiger partial charge in [-0.25, -0.2) is 0 Å². The summed E-state index contributed by atoms with van der Waals surface area (Å²) in [7, 11) is 0. The number of carbonyl (C=O) groups is 1. The summed E-state index contributed by atoms with van der Waals surface area (Å²) in [5.41, 5.74) is 0. The largest absolute Gasteiger partial charge is 0.466 e. The Morgan fingerprint density at radius 3 is 0.786 bits per heavy atom. The number of hydrogen-bond donors (Lipinski definition) is 0. The molecule has 0 saturated heterocycles. The van der Waals surface area contributed by atoms with Gasteiger partial charge in [0.25, 0.3) is 0 Å². The second-order valence-electron chi connectivity index (χ2n) is 13.6. The fraction of sp³-hybridized carbons (Fsp3) is 0.975. The van der Waals surface area contributed by atoms with E-state index in [9.17, 15) is 4.79 Å². The van der Waals surface area contributed by atoms with Crippen molar-refractivity contribution in [1.29, 1.82) is 0 Å². The highest BCUT2D eigenvalue weighted by Gasteiger charge is 2.02. The SMILES string of the molecule is CCCCCCCCCCCCCCCCCCCCCCCCCCCCCCCCCCOC(=O)CCCCC. The van der Waals surface area contributed by atoms with Crippen molar-refractivity contribution in [3.63, 3.8) is 0 Å². The first-order valence-corrected chi connectivity index (χ1v) is 20.0. The van der Waals surface area contributed by atoms with E-state index in [1.807, 2.05) is 0 Å². The molecule has 0 amide bonds. The molecule has 0 aliphatic heterocycles. The van der Waals surface area contributed by atoms with Crippen LogP contribution in [-0.4, -0.2) is 12.6 Å². The molecule has 0 unspecified atom stereocenters. The van der Waals surface area contributed by atoms with Crippen molar-refractivity contribution in [2.45, 2.75) is 245 Å². The zero-order valence-electron chi connectivity index (χ0n) is 29.5. The van der Waals surface area contributed by atoms with Crippen LogP contribution in [0.2, 0.25) is 0 Å². The molecular formula is C40H80O2. The van der Waals surface area contributed by atoms with Gasteiger partial charge in [0, 0.05) is 6.42 Å². The van der Waals surface area contributed by atoms with E-state index in [-0.39, 0.29) is 5.97 Å². The monoisotopic (exact) mass is 593 g/mol. The van der Waals surface area contributed by atoms with Gasteiger partial charge in [0.15, 0.2) is 0 Å². The summed E-state index contributed by atoms with van der Waals surface area (Å²) >= 11 is 0. The molecule has 0 rings (SSSR count). The van der Waals surface area contributed by atoms with E-state index in [0.29, 0.717) is 13.0 Å². The lowest BCUT2D eigenvalue weighted by Gasteiger charge is -2.05. The van der Waals surface area contributed by atoms with Crippen molar-refractivity contribution >= 4 is 5.97 Å². The fourth-order valence-corrected chi connectivity index (χ4v) is 6.26. The lowest BCUT2D eigenvalue weighted by atomic mass is 10.0. The first-order valence-electron chi connectivity index (χ1n) is 20.0. The molecular weight excluding hydrogens is 512 g/mol. The summed E-state index contributed by atoms with van der Waals surface area (Å²) in [5.74, 6) is 0.00388. The Kier molecular flexibility index (Phi) is 38.0. The summed E-state index contributed by atoms with van der Waals surface area (Å²) in [5, 5.41) is 0. The second-order valence-corrected chi connectivity index (χ2v) is 13.6. The van der Waals surface area contributed by atoms with Crippen LogP contribution < -0.4 is 0 Å². The van der Waals surface area contributed by atoms with Gasteiger partial charge < -0.3 is 4.74 Å². The topological polar surface area (TPSA) is 26.3 Å². The van der Waals surface area contributed by atoms with Crippen LogP contribution in [0.4, 0.5) is 0 Å². The minimum absolute atomic E-state index is 0.00388. The Morgan fingerprint density at radius 2 is 0.524 bits per heavy atom. The van der Waals surface area contributed by atoms with Crippen LogP contribution in [0.1, 0.15) is 245 Å². The highest BCUT2D eigenvalue weighted by atomic mass is 16.5. The van der Waals surface area contributed by atoms with Crippen LogP contribution in [0.15, 0.2) is 0 Å². The van der Waals surface area contributed by atoms with Gasteiger partial charge >= 0.3 is 5.97 Å².